The van der Waals surface area contributed by atoms with Crippen molar-refractivity contribution < 1.29 is 4.74 Å². The molecule has 0 radical (unpaired) electrons. The van der Waals surface area contributed by atoms with Crippen molar-refractivity contribution in [2.75, 3.05) is 53.5 Å². The third-order valence-corrected chi connectivity index (χ3v) is 4.37. The lowest BCUT2D eigenvalue weighted by molar-refractivity contribution is 0.180. The molecule has 158 valence electrons. The summed E-state index contributed by atoms with van der Waals surface area (Å²) in [5.74, 6) is 0.887. The van der Waals surface area contributed by atoms with Gasteiger partial charge in [0, 0.05) is 53.0 Å². The summed E-state index contributed by atoms with van der Waals surface area (Å²) < 4.78 is 7.29. The van der Waals surface area contributed by atoms with Crippen molar-refractivity contribution in [2.24, 2.45) is 4.99 Å². The molecule has 1 aromatic carbocycles. The number of aryl methyl sites for hydroxylation is 1. The van der Waals surface area contributed by atoms with Gasteiger partial charge >= 0.3 is 0 Å². The minimum absolute atomic E-state index is 0. The first-order valence-corrected chi connectivity index (χ1v) is 9.84. The van der Waals surface area contributed by atoms with Crippen LogP contribution in [0.25, 0.3) is 11.0 Å². The Morgan fingerprint density at radius 3 is 2.82 bits per heavy atom. The van der Waals surface area contributed by atoms with Gasteiger partial charge in [-0.1, -0.05) is 12.1 Å². The number of hydrogen-bond acceptors (Lipinski definition) is 4. The highest BCUT2D eigenvalue weighted by Gasteiger charge is 2.02. The molecule has 0 unspecified atom stereocenters. The van der Waals surface area contributed by atoms with Crippen molar-refractivity contribution in [2.45, 2.75) is 26.3 Å². The average molecular weight is 502 g/mol. The van der Waals surface area contributed by atoms with Crippen molar-refractivity contribution in [1.82, 2.24) is 25.1 Å². The maximum absolute atomic E-state index is 5.10. The van der Waals surface area contributed by atoms with Gasteiger partial charge in [-0.05, 0) is 38.9 Å². The van der Waals surface area contributed by atoms with E-state index in [4.69, 9.17) is 4.74 Å². The van der Waals surface area contributed by atoms with Crippen LogP contribution in [-0.4, -0.2) is 73.9 Å². The van der Waals surface area contributed by atoms with E-state index in [0.29, 0.717) is 0 Å². The number of aromatic nitrogens is 2. The zero-order chi connectivity index (χ0) is 19.3. The molecule has 0 saturated carbocycles. The Hall–Kier alpha value is -1.39. The van der Waals surface area contributed by atoms with Crippen LogP contribution in [0.5, 0.6) is 0 Å². The number of para-hydroxylation sites is 2. The van der Waals surface area contributed by atoms with Crippen molar-refractivity contribution in [3.63, 3.8) is 0 Å². The Labute approximate surface area is 186 Å². The number of ether oxygens (including phenoxy) is 1. The lowest BCUT2D eigenvalue weighted by Crippen LogP contribution is -2.41. The van der Waals surface area contributed by atoms with E-state index in [0.717, 1.165) is 70.2 Å². The summed E-state index contributed by atoms with van der Waals surface area (Å²) in [6.07, 6.45) is 3.95. The third kappa shape index (κ3) is 8.74. The molecular weight excluding hydrogens is 467 g/mol. The third-order valence-electron chi connectivity index (χ3n) is 4.37. The normalized spacial score (nSPS) is 11.6. The Bertz CT molecular complexity index is 690. The van der Waals surface area contributed by atoms with Crippen molar-refractivity contribution >= 4 is 41.0 Å². The lowest BCUT2D eigenvalue weighted by atomic mass is 10.3. The molecule has 0 amide bonds. The monoisotopic (exact) mass is 502 g/mol. The lowest BCUT2D eigenvalue weighted by Gasteiger charge is -2.18. The highest BCUT2D eigenvalue weighted by atomic mass is 127. The van der Waals surface area contributed by atoms with Gasteiger partial charge in [-0.25, -0.2) is 4.98 Å². The van der Waals surface area contributed by atoms with Gasteiger partial charge in [0.15, 0.2) is 5.96 Å². The Balaban J connectivity index is 0.00000392. The van der Waals surface area contributed by atoms with E-state index >= 15 is 0 Å². The summed E-state index contributed by atoms with van der Waals surface area (Å²) in [7, 11) is 3.88. The van der Waals surface area contributed by atoms with Gasteiger partial charge in [0.05, 0.1) is 17.4 Å². The second kappa shape index (κ2) is 14.6. The molecule has 0 bridgehead atoms. The number of rotatable bonds is 12. The van der Waals surface area contributed by atoms with Gasteiger partial charge in [0.2, 0.25) is 0 Å². The van der Waals surface area contributed by atoms with E-state index in [1.54, 1.807) is 7.11 Å². The molecule has 0 atom stereocenters. The molecule has 28 heavy (non-hydrogen) atoms. The Morgan fingerprint density at radius 2 is 2.04 bits per heavy atom. The van der Waals surface area contributed by atoms with Crippen LogP contribution in [0.3, 0.4) is 0 Å². The molecule has 0 aliphatic carbocycles. The number of nitrogens with zero attached hydrogens (tertiary/aromatic N) is 4. The smallest absolute Gasteiger partial charge is 0.191 e. The zero-order valence-corrected chi connectivity index (χ0v) is 19.7. The summed E-state index contributed by atoms with van der Waals surface area (Å²) in [6.45, 7) is 8.37. The quantitative estimate of drug-likeness (QED) is 0.202. The fourth-order valence-corrected chi connectivity index (χ4v) is 2.92. The van der Waals surface area contributed by atoms with E-state index in [1.165, 1.54) is 5.52 Å². The molecule has 1 heterocycles. The number of aliphatic imine (C=N–C) groups is 1. The molecule has 2 aromatic rings. The zero-order valence-electron chi connectivity index (χ0n) is 17.4. The fraction of sp³-hybridized carbons (Fsp3) is 0.600. The minimum atomic E-state index is 0. The Kier molecular flexibility index (Phi) is 12.8. The van der Waals surface area contributed by atoms with Gasteiger partial charge < -0.3 is 24.8 Å². The predicted molar refractivity (Wildman–Crippen MR) is 128 cm³/mol. The molecule has 2 rings (SSSR count). The van der Waals surface area contributed by atoms with Gasteiger partial charge in [-0.15, -0.1) is 24.0 Å². The number of fused-ring (bicyclic) bond motifs is 1. The highest BCUT2D eigenvalue weighted by Crippen LogP contribution is 2.11. The molecule has 2 N–H and O–H groups in total. The van der Waals surface area contributed by atoms with Crippen LogP contribution in [-0.2, 0) is 11.3 Å². The molecule has 0 fully saturated rings. The van der Waals surface area contributed by atoms with Gasteiger partial charge in [-0.2, -0.15) is 0 Å². The van der Waals surface area contributed by atoms with Crippen molar-refractivity contribution in [1.29, 1.82) is 0 Å². The number of guanidine groups is 1. The molecule has 7 nitrogen and oxygen atoms in total. The molecule has 0 aliphatic heterocycles. The van der Waals surface area contributed by atoms with E-state index in [2.05, 4.69) is 56.2 Å². The number of nitrogens with one attached hydrogen (secondary N) is 2. The maximum atomic E-state index is 5.10. The van der Waals surface area contributed by atoms with Crippen molar-refractivity contribution in [3.05, 3.63) is 30.6 Å². The first-order chi connectivity index (χ1) is 13.2. The molecule has 0 spiro atoms. The predicted octanol–water partition coefficient (Wildman–Crippen LogP) is 2.57. The summed E-state index contributed by atoms with van der Waals surface area (Å²) in [6, 6.07) is 8.23. The van der Waals surface area contributed by atoms with Gasteiger partial charge in [0.25, 0.3) is 0 Å². The average Bonchev–Trinajstić information content (AvgIpc) is 3.08. The van der Waals surface area contributed by atoms with Gasteiger partial charge in [-0.3, -0.25) is 4.99 Å². The molecule has 8 heteroatoms. The van der Waals surface area contributed by atoms with E-state index in [-0.39, 0.29) is 24.0 Å². The summed E-state index contributed by atoms with van der Waals surface area (Å²) >= 11 is 0. The van der Waals surface area contributed by atoms with Crippen LogP contribution in [0.15, 0.2) is 35.6 Å². The number of methoxy groups -OCH3 is 1. The molecule has 0 aliphatic rings. The van der Waals surface area contributed by atoms with Gasteiger partial charge in [0.1, 0.15) is 0 Å². The van der Waals surface area contributed by atoms with E-state index < -0.39 is 0 Å². The number of halogens is 1. The summed E-state index contributed by atoms with van der Waals surface area (Å²) in [5, 5.41) is 6.73. The second-order valence-electron chi connectivity index (χ2n) is 6.62. The summed E-state index contributed by atoms with van der Waals surface area (Å²) in [4.78, 5) is 11.4. The molecular formula is C20H35IN6O. The summed E-state index contributed by atoms with van der Waals surface area (Å²) in [5.41, 5.74) is 2.23. The van der Waals surface area contributed by atoms with Crippen LogP contribution in [0, 0.1) is 0 Å². The number of hydrogen-bond donors (Lipinski definition) is 2. The number of likely N-dealkylation sites (N-methyl/N-ethyl adjacent to an activating group) is 1. The van der Waals surface area contributed by atoms with E-state index in [1.807, 2.05) is 18.5 Å². The SMILES string of the molecule is CCNC(=NCCCn1cnc2ccccc21)NCCN(C)CCCOC.I. The van der Waals surface area contributed by atoms with Crippen LogP contribution in [0.1, 0.15) is 19.8 Å². The fourth-order valence-electron chi connectivity index (χ4n) is 2.92. The maximum Gasteiger partial charge on any atom is 0.191 e. The van der Waals surface area contributed by atoms with Crippen LogP contribution in [0.4, 0.5) is 0 Å². The molecule has 0 saturated heterocycles. The second-order valence-corrected chi connectivity index (χ2v) is 6.62. The van der Waals surface area contributed by atoms with Crippen LogP contribution >= 0.6 is 24.0 Å². The molecule has 1 aromatic heterocycles. The van der Waals surface area contributed by atoms with Crippen LogP contribution in [0.2, 0.25) is 0 Å². The highest BCUT2D eigenvalue weighted by molar-refractivity contribution is 14.0. The first-order valence-electron chi connectivity index (χ1n) is 9.84. The van der Waals surface area contributed by atoms with Crippen LogP contribution < -0.4 is 10.6 Å². The largest absolute Gasteiger partial charge is 0.385 e. The first kappa shape index (κ1) is 24.6. The minimum Gasteiger partial charge on any atom is -0.385 e. The van der Waals surface area contributed by atoms with Crippen molar-refractivity contribution in [3.8, 4) is 0 Å². The number of benzene rings is 1. The number of imidazole rings is 1. The topological polar surface area (TPSA) is 66.7 Å². The van der Waals surface area contributed by atoms with E-state index in [9.17, 15) is 0 Å². The Morgan fingerprint density at radius 1 is 1.21 bits per heavy atom. The standard InChI is InChI=1S/C20H34N6O.HI/c1-4-21-20(23-12-15-25(2)13-8-16-27-3)22-11-7-14-26-17-24-18-9-5-6-10-19(18)26;/h5-6,9-10,17H,4,7-8,11-16H2,1-3H3,(H2,21,22,23);1H.